The van der Waals surface area contributed by atoms with E-state index < -0.39 is 10.0 Å². The van der Waals surface area contributed by atoms with Gasteiger partial charge in [-0.15, -0.1) is 0 Å². The van der Waals surface area contributed by atoms with E-state index in [9.17, 15) is 13.2 Å². The van der Waals surface area contributed by atoms with E-state index in [0.29, 0.717) is 13.1 Å². The molecule has 1 aromatic rings. The monoisotopic (exact) mass is 323 g/mol. The van der Waals surface area contributed by atoms with Crippen LogP contribution in [0.4, 0.5) is 0 Å². The maximum absolute atomic E-state index is 12.5. The molecule has 1 aliphatic heterocycles. The Morgan fingerprint density at radius 3 is 2.36 bits per heavy atom. The van der Waals surface area contributed by atoms with E-state index in [-0.39, 0.29) is 30.4 Å². The lowest BCUT2D eigenvalue weighted by atomic mass is 10.2. The summed E-state index contributed by atoms with van der Waals surface area (Å²) in [6.45, 7) is 2.72. The molecule has 1 aromatic carbocycles. The third-order valence-electron chi connectivity index (χ3n) is 3.52. The molecular formula is C13H17N5O3S. The molecule has 1 saturated heterocycles. The van der Waals surface area contributed by atoms with Gasteiger partial charge in [-0.3, -0.25) is 4.79 Å². The highest BCUT2D eigenvalue weighted by Gasteiger charge is 2.29. The Labute approximate surface area is 129 Å². The molecular weight excluding hydrogens is 306 g/mol. The summed E-state index contributed by atoms with van der Waals surface area (Å²) in [4.78, 5) is 16.0. The lowest BCUT2D eigenvalue weighted by Crippen LogP contribution is -2.51. The second kappa shape index (κ2) is 6.78. The molecule has 2 rings (SSSR count). The number of carbonyl (C=O) groups excluding carboxylic acids is 1. The summed E-state index contributed by atoms with van der Waals surface area (Å²) in [7, 11) is -3.53. The molecule has 22 heavy (non-hydrogen) atoms. The predicted molar refractivity (Wildman–Crippen MR) is 80.5 cm³/mol. The number of hydrogen-bond acceptors (Lipinski definition) is 4. The fraction of sp³-hybridized carbons (Fsp3) is 0.462. The van der Waals surface area contributed by atoms with Crippen molar-refractivity contribution >= 4 is 15.9 Å². The van der Waals surface area contributed by atoms with E-state index in [0.717, 1.165) is 5.56 Å². The number of aryl methyl sites for hydroxylation is 1. The van der Waals surface area contributed by atoms with Crippen LogP contribution in [0.5, 0.6) is 0 Å². The van der Waals surface area contributed by atoms with Gasteiger partial charge in [-0.1, -0.05) is 22.8 Å². The quantitative estimate of drug-likeness (QED) is 0.471. The van der Waals surface area contributed by atoms with Crippen molar-refractivity contribution in [3.05, 3.63) is 40.3 Å². The van der Waals surface area contributed by atoms with E-state index >= 15 is 0 Å². The molecule has 1 heterocycles. The topological polar surface area (TPSA) is 106 Å². The van der Waals surface area contributed by atoms with E-state index in [4.69, 9.17) is 5.53 Å². The number of carbonyl (C=O) groups is 1. The van der Waals surface area contributed by atoms with Crippen LogP contribution in [0.1, 0.15) is 5.56 Å². The SMILES string of the molecule is Cc1ccc(S(=O)(=O)N2CCN(C(=O)CN=[N+]=[N-])CC2)cc1. The average Bonchev–Trinajstić information content (AvgIpc) is 2.53. The molecule has 0 atom stereocenters. The first-order valence-electron chi connectivity index (χ1n) is 6.80. The fourth-order valence-electron chi connectivity index (χ4n) is 2.23. The van der Waals surface area contributed by atoms with Crippen LogP contribution >= 0.6 is 0 Å². The van der Waals surface area contributed by atoms with Gasteiger partial charge in [0, 0.05) is 31.1 Å². The Hall–Kier alpha value is -2.09. The summed E-state index contributed by atoms with van der Waals surface area (Å²) < 4.78 is 26.4. The Bertz CT molecular complexity index is 687. The van der Waals surface area contributed by atoms with Crippen molar-refractivity contribution in [1.29, 1.82) is 0 Å². The summed E-state index contributed by atoms with van der Waals surface area (Å²) in [6, 6.07) is 6.69. The lowest BCUT2D eigenvalue weighted by Gasteiger charge is -2.33. The molecule has 0 N–H and O–H groups in total. The van der Waals surface area contributed by atoms with E-state index in [1.807, 2.05) is 6.92 Å². The fourth-order valence-corrected chi connectivity index (χ4v) is 3.65. The Morgan fingerprint density at radius 2 is 1.82 bits per heavy atom. The van der Waals surface area contributed by atoms with Gasteiger partial charge in [0.2, 0.25) is 15.9 Å². The Balaban J connectivity index is 2.03. The van der Waals surface area contributed by atoms with Gasteiger partial charge in [0.1, 0.15) is 6.54 Å². The highest BCUT2D eigenvalue weighted by molar-refractivity contribution is 7.89. The normalized spacial score (nSPS) is 16.1. The molecule has 0 radical (unpaired) electrons. The van der Waals surface area contributed by atoms with Gasteiger partial charge >= 0.3 is 0 Å². The number of benzene rings is 1. The maximum atomic E-state index is 12.5. The van der Waals surface area contributed by atoms with Crippen molar-refractivity contribution in [2.24, 2.45) is 5.11 Å². The van der Waals surface area contributed by atoms with Gasteiger partial charge in [0.15, 0.2) is 0 Å². The number of hydrogen-bond donors (Lipinski definition) is 0. The second-order valence-corrected chi connectivity index (χ2v) is 6.92. The van der Waals surface area contributed by atoms with Gasteiger partial charge < -0.3 is 4.90 Å². The Kier molecular flexibility index (Phi) is 5.02. The van der Waals surface area contributed by atoms with Gasteiger partial charge in [-0.05, 0) is 24.6 Å². The molecule has 1 fully saturated rings. The number of amides is 1. The number of piperazine rings is 1. The van der Waals surface area contributed by atoms with Crippen LogP contribution in [0, 0.1) is 6.92 Å². The van der Waals surface area contributed by atoms with E-state index in [2.05, 4.69) is 10.0 Å². The van der Waals surface area contributed by atoms with Gasteiger partial charge in [0.05, 0.1) is 4.90 Å². The van der Waals surface area contributed by atoms with Crippen LogP contribution in [-0.2, 0) is 14.8 Å². The molecule has 0 saturated carbocycles. The number of nitrogens with zero attached hydrogens (tertiary/aromatic N) is 5. The largest absolute Gasteiger partial charge is 0.340 e. The molecule has 0 bridgehead atoms. The molecule has 1 aliphatic rings. The minimum atomic E-state index is -3.53. The van der Waals surface area contributed by atoms with Crippen molar-refractivity contribution in [3.8, 4) is 0 Å². The second-order valence-electron chi connectivity index (χ2n) is 4.99. The van der Waals surface area contributed by atoms with Gasteiger partial charge in [-0.25, -0.2) is 8.42 Å². The highest BCUT2D eigenvalue weighted by Crippen LogP contribution is 2.18. The van der Waals surface area contributed by atoms with Crippen LogP contribution in [0.3, 0.4) is 0 Å². The molecule has 0 spiro atoms. The smallest absolute Gasteiger partial charge is 0.243 e. The summed E-state index contributed by atoms with van der Waals surface area (Å²) in [5, 5.41) is 3.23. The van der Waals surface area contributed by atoms with Crippen molar-refractivity contribution in [1.82, 2.24) is 9.21 Å². The number of azide groups is 1. The van der Waals surface area contributed by atoms with Crippen LogP contribution in [0.15, 0.2) is 34.3 Å². The van der Waals surface area contributed by atoms with Crippen LogP contribution in [0.2, 0.25) is 0 Å². The van der Waals surface area contributed by atoms with Crippen LogP contribution in [-0.4, -0.2) is 56.3 Å². The van der Waals surface area contributed by atoms with Crippen molar-refractivity contribution in [3.63, 3.8) is 0 Å². The molecule has 8 nitrogen and oxygen atoms in total. The predicted octanol–water partition coefficient (Wildman–Crippen LogP) is 1.14. The molecule has 9 heteroatoms. The zero-order chi connectivity index (χ0) is 16.2. The number of rotatable bonds is 4. The summed E-state index contributed by atoms with van der Waals surface area (Å²) in [6.07, 6.45) is 0. The van der Waals surface area contributed by atoms with Crippen LogP contribution < -0.4 is 0 Å². The van der Waals surface area contributed by atoms with Crippen molar-refractivity contribution in [2.45, 2.75) is 11.8 Å². The minimum absolute atomic E-state index is 0.234. The Morgan fingerprint density at radius 1 is 1.23 bits per heavy atom. The first-order chi connectivity index (χ1) is 10.4. The molecule has 118 valence electrons. The van der Waals surface area contributed by atoms with E-state index in [1.54, 1.807) is 24.3 Å². The first kappa shape index (κ1) is 16.3. The van der Waals surface area contributed by atoms with E-state index in [1.165, 1.54) is 9.21 Å². The van der Waals surface area contributed by atoms with Gasteiger partial charge in [-0.2, -0.15) is 4.31 Å². The zero-order valence-electron chi connectivity index (χ0n) is 12.2. The third-order valence-corrected chi connectivity index (χ3v) is 5.43. The lowest BCUT2D eigenvalue weighted by molar-refractivity contribution is -0.130. The first-order valence-corrected chi connectivity index (χ1v) is 8.24. The van der Waals surface area contributed by atoms with Gasteiger partial charge in [0.25, 0.3) is 0 Å². The van der Waals surface area contributed by atoms with Crippen molar-refractivity contribution < 1.29 is 13.2 Å². The zero-order valence-corrected chi connectivity index (χ0v) is 13.0. The summed E-state index contributed by atoms with van der Waals surface area (Å²) in [5.74, 6) is -0.287. The summed E-state index contributed by atoms with van der Waals surface area (Å²) >= 11 is 0. The molecule has 0 aliphatic carbocycles. The minimum Gasteiger partial charge on any atom is -0.340 e. The van der Waals surface area contributed by atoms with Crippen LogP contribution in [0.25, 0.3) is 10.4 Å². The number of sulfonamides is 1. The highest BCUT2D eigenvalue weighted by atomic mass is 32.2. The average molecular weight is 323 g/mol. The standard InChI is InChI=1S/C13H17N5O3S/c1-11-2-4-12(5-3-11)22(20,21)18-8-6-17(7-9-18)13(19)10-15-16-14/h2-5H,6-10H2,1H3. The molecule has 0 unspecified atom stereocenters. The molecule has 1 amide bonds. The summed E-state index contributed by atoms with van der Waals surface area (Å²) in [5.41, 5.74) is 9.20. The third kappa shape index (κ3) is 3.56. The van der Waals surface area contributed by atoms with Crippen molar-refractivity contribution in [2.75, 3.05) is 32.7 Å². The maximum Gasteiger partial charge on any atom is 0.243 e. The molecule has 0 aromatic heterocycles.